The molecular formula is C14H16BrClN4. The molecular weight excluding hydrogens is 340 g/mol. The Morgan fingerprint density at radius 1 is 1.45 bits per heavy atom. The smallest absolute Gasteiger partial charge is 0.149 e. The zero-order valence-corrected chi connectivity index (χ0v) is 13.6. The average Bonchev–Trinajstić information content (AvgIpc) is 3.02. The fourth-order valence-electron chi connectivity index (χ4n) is 2.51. The molecule has 0 bridgehead atoms. The molecule has 0 radical (unpaired) electrons. The van der Waals surface area contributed by atoms with E-state index in [9.17, 15) is 0 Å². The molecule has 0 saturated carbocycles. The summed E-state index contributed by atoms with van der Waals surface area (Å²) < 4.78 is 3.16. The Labute approximate surface area is 131 Å². The summed E-state index contributed by atoms with van der Waals surface area (Å²) in [6.07, 6.45) is 2.22. The second-order valence-electron chi connectivity index (χ2n) is 5.08. The fourth-order valence-corrected chi connectivity index (χ4v) is 3.05. The van der Waals surface area contributed by atoms with Gasteiger partial charge in [0.15, 0.2) is 0 Å². The molecule has 106 valence electrons. The highest BCUT2D eigenvalue weighted by molar-refractivity contribution is 9.10. The Hall–Kier alpha value is -0.910. The van der Waals surface area contributed by atoms with Crippen molar-refractivity contribution >= 4 is 27.5 Å². The summed E-state index contributed by atoms with van der Waals surface area (Å²) in [6, 6.07) is 6.16. The zero-order chi connectivity index (χ0) is 14.1. The number of rotatable bonds is 4. The number of hydrogen-bond acceptors (Lipinski definition) is 3. The number of hydrogen-bond donors (Lipinski definition) is 1. The van der Waals surface area contributed by atoms with Crippen LogP contribution in [-0.2, 0) is 19.5 Å². The monoisotopic (exact) mass is 354 g/mol. The molecule has 6 heteroatoms. The van der Waals surface area contributed by atoms with E-state index in [0.29, 0.717) is 0 Å². The van der Waals surface area contributed by atoms with Gasteiger partial charge in [-0.2, -0.15) is 0 Å². The molecule has 0 amide bonds. The van der Waals surface area contributed by atoms with Crippen LogP contribution in [0.3, 0.4) is 0 Å². The first-order chi connectivity index (χ1) is 9.65. The number of fused-ring (bicyclic) bond motifs is 1. The third-order valence-electron chi connectivity index (χ3n) is 3.62. The van der Waals surface area contributed by atoms with Crippen LogP contribution in [-0.4, -0.2) is 14.8 Å². The average molecular weight is 356 g/mol. The summed E-state index contributed by atoms with van der Waals surface area (Å²) >= 11 is 9.45. The molecule has 20 heavy (non-hydrogen) atoms. The minimum absolute atomic E-state index is 0.184. The molecule has 1 unspecified atom stereocenters. The molecule has 2 aromatic rings. The molecule has 0 fully saturated rings. The molecule has 0 spiro atoms. The lowest BCUT2D eigenvalue weighted by Crippen LogP contribution is -2.21. The molecule has 0 aliphatic carbocycles. The standard InChI is InChI=1S/C14H16BrClN4/c1-9(14-19-18-13-3-2-6-20(13)14)17-8-10-4-5-12(16)11(15)7-10/h4-5,7,9,17H,2-3,6,8H2,1H3. The number of benzene rings is 1. The van der Waals surface area contributed by atoms with Gasteiger partial charge in [0.25, 0.3) is 0 Å². The molecule has 0 saturated heterocycles. The predicted molar refractivity (Wildman–Crippen MR) is 82.7 cm³/mol. The third kappa shape index (κ3) is 2.75. The predicted octanol–water partition coefficient (Wildman–Crippen LogP) is 3.49. The van der Waals surface area contributed by atoms with E-state index in [1.54, 1.807) is 0 Å². The number of nitrogens with one attached hydrogen (secondary N) is 1. The van der Waals surface area contributed by atoms with Crippen LogP contribution in [0.5, 0.6) is 0 Å². The van der Waals surface area contributed by atoms with Crippen LogP contribution in [0.25, 0.3) is 0 Å². The molecule has 1 atom stereocenters. The Balaban J connectivity index is 1.67. The molecule has 3 rings (SSSR count). The van der Waals surface area contributed by atoms with Crippen molar-refractivity contribution in [2.75, 3.05) is 0 Å². The SMILES string of the molecule is CC(NCc1ccc(Cl)c(Br)c1)c1nnc2n1CCC2. The minimum atomic E-state index is 0.184. The summed E-state index contributed by atoms with van der Waals surface area (Å²) in [6.45, 7) is 3.94. The zero-order valence-electron chi connectivity index (χ0n) is 11.2. The van der Waals surface area contributed by atoms with E-state index in [0.717, 1.165) is 40.7 Å². The lowest BCUT2D eigenvalue weighted by Gasteiger charge is -2.14. The molecule has 1 N–H and O–H groups in total. The minimum Gasteiger partial charge on any atom is -0.314 e. The number of aromatic nitrogens is 3. The first-order valence-electron chi connectivity index (χ1n) is 6.74. The normalized spacial score (nSPS) is 15.3. The first-order valence-corrected chi connectivity index (χ1v) is 7.91. The maximum atomic E-state index is 6.00. The second-order valence-corrected chi connectivity index (χ2v) is 6.34. The van der Waals surface area contributed by atoms with Gasteiger partial charge in [-0.05, 0) is 47.0 Å². The van der Waals surface area contributed by atoms with Gasteiger partial charge < -0.3 is 9.88 Å². The van der Waals surface area contributed by atoms with E-state index in [2.05, 4.69) is 42.9 Å². The second kappa shape index (κ2) is 5.84. The molecule has 1 aromatic carbocycles. The summed E-state index contributed by atoms with van der Waals surface area (Å²) in [5.74, 6) is 2.15. The molecule has 4 nitrogen and oxygen atoms in total. The molecule has 1 aliphatic rings. The van der Waals surface area contributed by atoms with E-state index in [1.165, 1.54) is 12.0 Å². The van der Waals surface area contributed by atoms with E-state index >= 15 is 0 Å². The molecule has 2 heterocycles. The largest absolute Gasteiger partial charge is 0.314 e. The van der Waals surface area contributed by atoms with Crippen LogP contribution in [0.2, 0.25) is 5.02 Å². The van der Waals surface area contributed by atoms with Gasteiger partial charge in [-0.15, -0.1) is 10.2 Å². The van der Waals surface area contributed by atoms with Crippen molar-refractivity contribution < 1.29 is 0 Å². The first kappa shape index (κ1) is 14.0. The van der Waals surface area contributed by atoms with Gasteiger partial charge in [0, 0.05) is 24.0 Å². The van der Waals surface area contributed by atoms with Crippen LogP contribution in [0.15, 0.2) is 22.7 Å². The van der Waals surface area contributed by atoms with Crippen molar-refractivity contribution in [1.29, 1.82) is 0 Å². The topological polar surface area (TPSA) is 42.7 Å². The van der Waals surface area contributed by atoms with E-state index in [-0.39, 0.29) is 6.04 Å². The van der Waals surface area contributed by atoms with E-state index in [1.807, 2.05) is 18.2 Å². The van der Waals surface area contributed by atoms with Gasteiger partial charge in [0.2, 0.25) is 0 Å². The van der Waals surface area contributed by atoms with Crippen molar-refractivity contribution in [3.05, 3.63) is 44.9 Å². The van der Waals surface area contributed by atoms with Gasteiger partial charge in [0.1, 0.15) is 11.6 Å². The van der Waals surface area contributed by atoms with E-state index in [4.69, 9.17) is 11.6 Å². The van der Waals surface area contributed by atoms with Gasteiger partial charge >= 0.3 is 0 Å². The van der Waals surface area contributed by atoms with Crippen LogP contribution in [0.4, 0.5) is 0 Å². The van der Waals surface area contributed by atoms with E-state index < -0.39 is 0 Å². The Bertz CT molecular complexity index is 626. The highest BCUT2D eigenvalue weighted by Gasteiger charge is 2.20. The van der Waals surface area contributed by atoms with Gasteiger partial charge in [-0.25, -0.2) is 0 Å². The summed E-state index contributed by atoms with van der Waals surface area (Å²) in [7, 11) is 0. The number of nitrogens with zero attached hydrogens (tertiary/aromatic N) is 3. The summed E-state index contributed by atoms with van der Waals surface area (Å²) in [5.41, 5.74) is 1.19. The summed E-state index contributed by atoms with van der Waals surface area (Å²) in [4.78, 5) is 0. The van der Waals surface area contributed by atoms with Crippen molar-refractivity contribution in [2.45, 2.75) is 38.9 Å². The Morgan fingerprint density at radius 2 is 2.30 bits per heavy atom. The van der Waals surface area contributed by atoms with Crippen molar-refractivity contribution in [1.82, 2.24) is 20.1 Å². The van der Waals surface area contributed by atoms with Crippen molar-refractivity contribution in [2.24, 2.45) is 0 Å². The van der Waals surface area contributed by atoms with Crippen molar-refractivity contribution in [3.63, 3.8) is 0 Å². The maximum absolute atomic E-state index is 6.00. The lowest BCUT2D eigenvalue weighted by atomic mass is 10.2. The Kier molecular flexibility index (Phi) is 4.10. The Morgan fingerprint density at radius 3 is 3.10 bits per heavy atom. The highest BCUT2D eigenvalue weighted by atomic mass is 79.9. The maximum Gasteiger partial charge on any atom is 0.149 e. The molecule has 1 aliphatic heterocycles. The highest BCUT2D eigenvalue weighted by Crippen LogP contribution is 2.24. The fraction of sp³-hybridized carbons (Fsp3) is 0.429. The van der Waals surface area contributed by atoms with Gasteiger partial charge in [-0.1, -0.05) is 17.7 Å². The van der Waals surface area contributed by atoms with Crippen LogP contribution in [0, 0.1) is 0 Å². The number of halogens is 2. The van der Waals surface area contributed by atoms with Crippen LogP contribution >= 0.6 is 27.5 Å². The number of aryl methyl sites for hydroxylation is 1. The molecule has 1 aromatic heterocycles. The van der Waals surface area contributed by atoms with Crippen LogP contribution in [0.1, 0.15) is 36.6 Å². The quantitative estimate of drug-likeness (QED) is 0.913. The summed E-state index contributed by atoms with van der Waals surface area (Å²) in [5, 5.41) is 12.8. The third-order valence-corrected chi connectivity index (χ3v) is 4.84. The van der Waals surface area contributed by atoms with Crippen molar-refractivity contribution in [3.8, 4) is 0 Å². The van der Waals surface area contributed by atoms with Gasteiger partial charge in [-0.3, -0.25) is 0 Å². The van der Waals surface area contributed by atoms with Gasteiger partial charge in [0.05, 0.1) is 11.1 Å². The lowest BCUT2D eigenvalue weighted by molar-refractivity contribution is 0.516. The van der Waals surface area contributed by atoms with Crippen LogP contribution < -0.4 is 5.32 Å².